The molecule has 0 unspecified atom stereocenters. The second-order valence-corrected chi connectivity index (χ2v) is 7.05. The Morgan fingerprint density at radius 3 is 2.55 bits per heavy atom. The molecular weight excluding hydrogens is 364 g/mol. The van der Waals surface area contributed by atoms with Crippen LogP contribution in [0.5, 0.6) is 5.75 Å². The van der Waals surface area contributed by atoms with Crippen LogP contribution in [0.2, 0.25) is 0 Å². The summed E-state index contributed by atoms with van der Waals surface area (Å²) in [7, 11) is 1.61. The number of ether oxygens (including phenoxy) is 1. The molecule has 0 saturated carbocycles. The Morgan fingerprint density at radius 2 is 1.79 bits per heavy atom. The fraction of sp³-hybridized carbons (Fsp3) is 0.261. The Balaban J connectivity index is 1.77. The van der Waals surface area contributed by atoms with Crippen molar-refractivity contribution in [2.24, 2.45) is 0 Å². The van der Waals surface area contributed by atoms with Gasteiger partial charge in [0.2, 0.25) is 0 Å². The van der Waals surface area contributed by atoms with Gasteiger partial charge in [0.1, 0.15) is 23.1 Å². The zero-order valence-electron chi connectivity index (χ0n) is 17.2. The van der Waals surface area contributed by atoms with Crippen molar-refractivity contribution in [3.8, 4) is 5.75 Å². The lowest BCUT2D eigenvalue weighted by Gasteiger charge is -2.15. The van der Waals surface area contributed by atoms with Crippen LogP contribution in [0.25, 0.3) is 0 Å². The molecule has 1 amide bonds. The van der Waals surface area contributed by atoms with Crippen molar-refractivity contribution >= 4 is 17.4 Å². The van der Waals surface area contributed by atoms with Gasteiger partial charge in [0.15, 0.2) is 0 Å². The number of methoxy groups -OCH3 is 1. The maximum absolute atomic E-state index is 12.7. The summed E-state index contributed by atoms with van der Waals surface area (Å²) in [5.74, 6) is 1.96. The van der Waals surface area contributed by atoms with Gasteiger partial charge in [-0.25, -0.2) is 9.97 Å². The highest BCUT2D eigenvalue weighted by molar-refractivity contribution is 5.93. The normalized spacial score (nSPS) is 10.7. The van der Waals surface area contributed by atoms with E-state index in [2.05, 4.69) is 40.5 Å². The van der Waals surface area contributed by atoms with Crippen molar-refractivity contribution in [3.63, 3.8) is 0 Å². The first-order chi connectivity index (χ1) is 14.0. The number of carbonyl (C=O) groups excluding carboxylic acids is 1. The summed E-state index contributed by atoms with van der Waals surface area (Å²) in [4.78, 5) is 21.4. The minimum absolute atomic E-state index is 0.262. The lowest BCUT2D eigenvalue weighted by molar-refractivity contribution is 0.0945. The van der Waals surface area contributed by atoms with Crippen molar-refractivity contribution in [1.82, 2.24) is 15.3 Å². The predicted molar refractivity (Wildman–Crippen MR) is 115 cm³/mol. The van der Waals surface area contributed by atoms with E-state index < -0.39 is 0 Å². The fourth-order valence-electron chi connectivity index (χ4n) is 3.12. The second-order valence-electron chi connectivity index (χ2n) is 7.05. The molecule has 0 fully saturated rings. The summed E-state index contributed by atoms with van der Waals surface area (Å²) in [6, 6.07) is 17.3. The number of rotatable bonds is 7. The first kappa shape index (κ1) is 20.3. The molecule has 0 aliphatic rings. The molecule has 0 aliphatic heterocycles. The van der Waals surface area contributed by atoms with Crippen molar-refractivity contribution in [3.05, 3.63) is 77.2 Å². The number of benzene rings is 2. The Kier molecular flexibility index (Phi) is 6.44. The highest BCUT2D eigenvalue weighted by Gasteiger charge is 2.13. The van der Waals surface area contributed by atoms with Gasteiger partial charge >= 0.3 is 0 Å². The molecule has 1 heterocycles. The zero-order chi connectivity index (χ0) is 20.8. The average molecular weight is 390 g/mol. The molecule has 2 N–H and O–H groups in total. The zero-order valence-corrected chi connectivity index (χ0v) is 17.2. The standard InChI is InChI=1S/C23H26N4O2/c1-15(2)18-10-6-7-11-19(18)27-22-13-20(25-16(3)26-22)23(28)24-14-17-9-5-8-12-21(17)29-4/h5-13,15H,14H2,1-4H3,(H,24,28)(H,25,26,27). The smallest absolute Gasteiger partial charge is 0.270 e. The molecule has 3 aromatic rings. The number of para-hydroxylation sites is 2. The fourth-order valence-corrected chi connectivity index (χ4v) is 3.12. The Hall–Kier alpha value is -3.41. The van der Waals surface area contributed by atoms with Gasteiger partial charge in [-0.2, -0.15) is 0 Å². The molecule has 3 rings (SSSR count). The van der Waals surface area contributed by atoms with E-state index in [1.807, 2.05) is 42.5 Å². The Morgan fingerprint density at radius 1 is 1.07 bits per heavy atom. The molecule has 0 bridgehead atoms. The minimum atomic E-state index is -0.262. The van der Waals surface area contributed by atoms with E-state index in [-0.39, 0.29) is 5.91 Å². The van der Waals surface area contributed by atoms with E-state index in [1.165, 1.54) is 5.56 Å². The van der Waals surface area contributed by atoms with Crippen LogP contribution in [0.4, 0.5) is 11.5 Å². The van der Waals surface area contributed by atoms with E-state index in [0.717, 1.165) is 17.0 Å². The molecule has 6 nitrogen and oxygen atoms in total. The summed E-state index contributed by atoms with van der Waals surface area (Å²) in [5.41, 5.74) is 3.38. The highest BCUT2D eigenvalue weighted by Crippen LogP contribution is 2.26. The topological polar surface area (TPSA) is 76.1 Å². The molecule has 150 valence electrons. The SMILES string of the molecule is COc1ccccc1CNC(=O)c1cc(Nc2ccccc2C(C)C)nc(C)n1. The highest BCUT2D eigenvalue weighted by atomic mass is 16.5. The van der Waals surface area contributed by atoms with Crippen LogP contribution in [-0.4, -0.2) is 23.0 Å². The maximum atomic E-state index is 12.7. The summed E-state index contributed by atoms with van der Waals surface area (Å²) < 4.78 is 5.33. The summed E-state index contributed by atoms with van der Waals surface area (Å²) in [6.07, 6.45) is 0. The molecular formula is C23H26N4O2. The number of aromatic nitrogens is 2. The molecule has 0 spiro atoms. The van der Waals surface area contributed by atoms with Gasteiger partial charge in [0.05, 0.1) is 7.11 Å². The maximum Gasteiger partial charge on any atom is 0.270 e. The molecule has 29 heavy (non-hydrogen) atoms. The van der Waals surface area contributed by atoms with Gasteiger partial charge in [-0.15, -0.1) is 0 Å². The van der Waals surface area contributed by atoms with E-state index in [9.17, 15) is 4.79 Å². The van der Waals surface area contributed by atoms with Crippen LogP contribution in [0.3, 0.4) is 0 Å². The molecule has 0 saturated heterocycles. The van der Waals surface area contributed by atoms with E-state index in [0.29, 0.717) is 29.8 Å². The summed E-state index contributed by atoms with van der Waals surface area (Å²) in [5, 5.41) is 6.23. The van der Waals surface area contributed by atoms with Crippen molar-refractivity contribution in [2.75, 3.05) is 12.4 Å². The van der Waals surface area contributed by atoms with Gasteiger partial charge < -0.3 is 15.4 Å². The van der Waals surface area contributed by atoms with Gasteiger partial charge in [-0.05, 0) is 30.5 Å². The van der Waals surface area contributed by atoms with Gasteiger partial charge in [0.25, 0.3) is 5.91 Å². The lowest BCUT2D eigenvalue weighted by Crippen LogP contribution is -2.24. The van der Waals surface area contributed by atoms with Crippen molar-refractivity contribution in [2.45, 2.75) is 33.2 Å². The first-order valence-electron chi connectivity index (χ1n) is 9.59. The van der Waals surface area contributed by atoms with Crippen LogP contribution >= 0.6 is 0 Å². The number of nitrogens with one attached hydrogen (secondary N) is 2. The van der Waals surface area contributed by atoms with Crippen LogP contribution in [-0.2, 0) is 6.54 Å². The van der Waals surface area contributed by atoms with Crippen LogP contribution in [0, 0.1) is 6.92 Å². The number of aryl methyl sites for hydroxylation is 1. The molecule has 0 radical (unpaired) electrons. The minimum Gasteiger partial charge on any atom is -0.496 e. The monoisotopic (exact) mass is 390 g/mol. The van der Waals surface area contributed by atoms with Gasteiger partial charge in [-0.1, -0.05) is 50.2 Å². The molecule has 0 atom stereocenters. The van der Waals surface area contributed by atoms with Crippen LogP contribution in [0.15, 0.2) is 54.6 Å². The number of hydrogen-bond acceptors (Lipinski definition) is 5. The molecule has 2 aromatic carbocycles. The Bertz CT molecular complexity index is 1000. The first-order valence-corrected chi connectivity index (χ1v) is 9.59. The number of nitrogens with zero attached hydrogens (tertiary/aromatic N) is 2. The van der Waals surface area contributed by atoms with Gasteiger partial charge in [0, 0.05) is 23.9 Å². The number of hydrogen-bond donors (Lipinski definition) is 2. The number of anilines is 2. The van der Waals surface area contributed by atoms with Crippen molar-refractivity contribution in [1.29, 1.82) is 0 Å². The van der Waals surface area contributed by atoms with Gasteiger partial charge in [-0.3, -0.25) is 4.79 Å². The largest absolute Gasteiger partial charge is 0.496 e. The summed E-state index contributed by atoms with van der Waals surface area (Å²) >= 11 is 0. The van der Waals surface area contributed by atoms with E-state index in [1.54, 1.807) is 20.1 Å². The molecule has 6 heteroatoms. The van der Waals surface area contributed by atoms with E-state index in [4.69, 9.17) is 4.74 Å². The lowest BCUT2D eigenvalue weighted by atomic mass is 10.0. The summed E-state index contributed by atoms with van der Waals surface area (Å²) in [6.45, 7) is 6.41. The predicted octanol–water partition coefficient (Wildman–Crippen LogP) is 4.59. The second kappa shape index (κ2) is 9.19. The van der Waals surface area contributed by atoms with E-state index >= 15 is 0 Å². The average Bonchev–Trinajstić information content (AvgIpc) is 2.72. The van der Waals surface area contributed by atoms with Crippen molar-refractivity contribution < 1.29 is 9.53 Å². The third kappa shape index (κ3) is 5.10. The Labute approximate surface area is 171 Å². The molecule has 1 aromatic heterocycles. The van der Waals surface area contributed by atoms with Crippen LogP contribution in [0.1, 0.15) is 47.2 Å². The third-order valence-electron chi connectivity index (χ3n) is 4.55. The third-order valence-corrected chi connectivity index (χ3v) is 4.55. The quantitative estimate of drug-likeness (QED) is 0.617. The van der Waals surface area contributed by atoms with Crippen LogP contribution < -0.4 is 15.4 Å². The number of carbonyl (C=O) groups is 1. The molecule has 0 aliphatic carbocycles. The number of amides is 1.